The number of carbonyl (C=O) groups excluding carboxylic acids is 1. The first-order valence-electron chi connectivity index (χ1n) is 6.49. The van der Waals surface area contributed by atoms with Gasteiger partial charge in [0.05, 0.1) is 5.69 Å². The second-order valence-corrected chi connectivity index (χ2v) is 4.97. The molecule has 0 fully saturated rings. The summed E-state index contributed by atoms with van der Waals surface area (Å²) in [6.45, 7) is 1.79. The van der Waals surface area contributed by atoms with Crippen LogP contribution in [0.15, 0.2) is 42.5 Å². The highest BCUT2D eigenvalue weighted by Crippen LogP contribution is 2.20. The van der Waals surface area contributed by atoms with Gasteiger partial charge < -0.3 is 16.0 Å². The number of nitrogens with one attached hydrogen (secondary N) is 2. The van der Waals surface area contributed by atoms with E-state index in [4.69, 9.17) is 5.73 Å². The van der Waals surface area contributed by atoms with Crippen molar-refractivity contribution in [3.63, 3.8) is 0 Å². The molecule has 0 atom stereocenters. The maximum atomic E-state index is 13.7. The lowest BCUT2D eigenvalue weighted by atomic mass is 10.2. The molecule has 106 valence electrons. The van der Waals surface area contributed by atoms with Gasteiger partial charge in [0.15, 0.2) is 0 Å². The van der Waals surface area contributed by atoms with Gasteiger partial charge in [-0.25, -0.2) is 4.39 Å². The Kier molecular flexibility index (Phi) is 3.10. The smallest absolute Gasteiger partial charge is 0.272 e. The van der Waals surface area contributed by atoms with E-state index in [-0.39, 0.29) is 5.69 Å². The number of fused-ring (bicyclic) bond motifs is 1. The Labute approximate surface area is 120 Å². The summed E-state index contributed by atoms with van der Waals surface area (Å²) >= 11 is 0. The van der Waals surface area contributed by atoms with Gasteiger partial charge in [-0.2, -0.15) is 0 Å². The first-order valence-corrected chi connectivity index (χ1v) is 6.49. The minimum Gasteiger partial charge on any atom is -0.399 e. The molecule has 0 saturated carbocycles. The van der Waals surface area contributed by atoms with E-state index in [0.29, 0.717) is 11.4 Å². The molecule has 0 radical (unpaired) electrons. The minimum absolute atomic E-state index is 0.156. The first kappa shape index (κ1) is 13.2. The molecule has 1 aromatic heterocycles. The van der Waals surface area contributed by atoms with Crippen LogP contribution in [-0.2, 0) is 0 Å². The van der Waals surface area contributed by atoms with E-state index < -0.39 is 11.7 Å². The average Bonchev–Trinajstić information content (AvgIpc) is 2.85. The average molecular weight is 283 g/mol. The van der Waals surface area contributed by atoms with E-state index in [2.05, 4.69) is 10.3 Å². The van der Waals surface area contributed by atoms with Gasteiger partial charge in [0.1, 0.15) is 11.5 Å². The normalized spacial score (nSPS) is 10.8. The number of amides is 1. The molecule has 0 saturated heterocycles. The highest BCUT2D eigenvalue weighted by molar-refractivity contribution is 6.06. The summed E-state index contributed by atoms with van der Waals surface area (Å²) in [4.78, 5) is 15.1. The Morgan fingerprint density at radius 2 is 2.00 bits per heavy atom. The summed E-state index contributed by atoms with van der Waals surface area (Å²) in [5.74, 6) is -0.851. The monoisotopic (exact) mass is 283 g/mol. The standard InChI is InChI=1S/C16H14FN3O/c1-9-2-4-14(12(17)6-9)20-16(21)15-8-10-7-11(18)3-5-13(10)19-15/h2-8,19H,18H2,1H3,(H,20,21). The van der Waals surface area contributed by atoms with Crippen molar-refractivity contribution in [3.8, 4) is 0 Å². The van der Waals surface area contributed by atoms with Gasteiger partial charge >= 0.3 is 0 Å². The number of benzene rings is 2. The highest BCUT2D eigenvalue weighted by atomic mass is 19.1. The summed E-state index contributed by atoms with van der Waals surface area (Å²) in [7, 11) is 0. The van der Waals surface area contributed by atoms with Gasteiger partial charge in [0.2, 0.25) is 0 Å². The molecular formula is C16H14FN3O. The number of rotatable bonds is 2. The Hall–Kier alpha value is -2.82. The van der Waals surface area contributed by atoms with Gasteiger partial charge in [-0.05, 0) is 48.9 Å². The lowest BCUT2D eigenvalue weighted by Crippen LogP contribution is -2.13. The van der Waals surface area contributed by atoms with Crippen LogP contribution < -0.4 is 11.1 Å². The third-order valence-corrected chi connectivity index (χ3v) is 3.26. The van der Waals surface area contributed by atoms with E-state index in [1.54, 1.807) is 43.3 Å². The number of aromatic nitrogens is 1. The van der Waals surface area contributed by atoms with Crippen LogP contribution in [0.5, 0.6) is 0 Å². The van der Waals surface area contributed by atoms with Crippen LogP contribution in [0.4, 0.5) is 15.8 Å². The van der Waals surface area contributed by atoms with Crippen molar-refractivity contribution in [2.75, 3.05) is 11.1 Å². The van der Waals surface area contributed by atoms with Gasteiger partial charge in [-0.15, -0.1) is 0 Å². The quantitative estimate of drug-likeness (QED) is 0.630. The number of nitrogens with two attached hydrogens (primary N) is 1. The highest BCUT2D eigenvalue weighted by Gasteiger charge is 2.12. The number of hydrogen-bond donors (Lipinski definition) is 3. The summed E-state index contributed by atoms with van der Waals surface area (Å²) in [5.41, 5.74) is 8.44. The zero-order chi connectivity index (χ0) is 15.0. The minimum atomic E-state index is -0.455. The fourth-order valence-electron chi connectivity index (χ4n) is 2.18. The third kappa shape index (κ3) is 2.58. The summed E-state index contributed by atoms with van der Waals surface area (Å²) < 4.78 is 13.7. The molecule has 0 spiro atoms. The molecule has 0 aliphatic carbocycles. The van der Waals surface area contributed by atoms with Crippen molar-refractivity contribution in [1.82, 2.24) is 4.98 Å². The molecule has 3 aromatic rings. The van der Waals surface area contributed by atoms with Crippen LogP contribution in [0, 0.1) is 12.7 Å². The number of H-pyrrole nitrogens is 1. The van der Waals surface area contributed by atoms with E-state index in [1.807, 2.05) is 0 Å². The molecule has 5 heteroatoms. The van der Waals surface area contributed by atoms with Gasteiger partial charge in [-0.3, -0.25) is 4.79 Å². The molecule has 1 amide bonds. The SMILES string of the molecule is Cc1ccc(NC(=O)c2cc3cc(N)ccc3[nH]2)c(F)c1. The van der Waals surface area contributed by atoms with Crippen molar-refractivity contribution in [2.24, 2.45) is 0 Å². The fraction of sp³-hybridized carbons (Fsp3) is 0.0625. The molecule has 0 aliphatic heterocycles. The lowest BCUT2D eigenvalue weighted by Gasteiger charge is -2.05. The fourth-order valence-corrected chi connectivity index (χ4v) is 2.18. The number of anilines is 2. The lowest BCUT2D eigenvalue weighted by molar-refractivity contribution is 0.102. The van der Waals surface area contributed by atoms with E-state index >= 15 is 0 Å². The predicted molar refractivity (Wildman–Crippen MR) is 81.8 cm³/mol. The molecule has 21 heavy (non-hydrogen) atoms. The molecule has 1 heterocycles. The van der Waals surface area contributed by atoms with Gasteiger partial charge in [0.25, 0.3) is 5.91 Å². The topological polar surface area (TPSA) is 70.9 Å². The summed E-state index contributed by atoms with van der Waals surface area (Å²) in [5, 5.41) is 3.39. The molecule has 0 aliphatic rings. The molecule has 0 bridgehead atoms. The van der Waals surface area contributed by atoms with E-state index in [0.717, 1.165) is 16.5 Å². The van der Waals surface area contributed by atoms with Crippen molar-refractivity contribution in [1.29, 1.82) is 0 Å². The van der Waals surface area contributed by atoms with Crippen LogP contribution in [0.1, 0.15) is 16.1 Å². The largest absolute Gasteiger partial charge is 0.399 e. The number of nitrogen functional groups attached to an aromatic ring is 1. The maximum absolute atomic E-state index is 13.7. The maximum Gasteiger partial charge on any atom is 0.272 e. The van der Waals surface area contributed by atoms with Crippen molar-refractivity contribution >= 4 is 28.2 Å². The second kappa shape index (κ2) is 4.94. The van der Waals surface area contributed by atoms with Crippen molar-refractivity contribution in [2.45, 2.75) is 6.92 Å². The van der Waals surface area contributed by atoms with Crippen molar-refractivity contribution < 1.29 is 9.18 Å². The second-order valence-electron chi connectivity index (χ2n) is 4.97. The third-order valence-electron chi connectivity index (χ3n) is 3.26. The zero-order valence-corrected chi connectivity index (χ0v) is 11.4. The van der Waals surface area contributed by atoms with Gasteiger partial charge in [-0.1, -0.05) is 6.07 Å². The van der Waals surface area contributed by atoms with Crippen LogP contribution in [0.2, 0.25) is 0 Å². The molecule has 4 N–H and O–H groups in total. The number of aromatic amines is 1. The molecule has 0 unspecified atom stereocenters. The van der Waals surface area contributed by atoms with Crippen LogP contribution >= 0.6 is 0 Å². The Morgan fingerprint density at radius 3 is 2.76 bits per heavy atom. The number of hydrogen-bond acceptors (Lipinski definition) is 2. The Bertz CT molecular complexity index is 839. The first-order chi connectivity index (χ1) is 10.0. The predicted octanol–water partition coefficient (Wildman–Crippen LogP) is 3.45. The van der Waals surface area contributed by atoms with Crippen LogP contribution in [0.25, 0.3) is 10.9 Å². The number of aryl methyl sites for hydroxylation is 1. The van der Waals surface area contributed by atoms with Crippen LogP contribution in [-0.4, -0.2) is 10.9 Å². The Morgan fingerprint density at radius 1 is 1.19 bits per heavy atom. The summed E-state index contributed by atoms with van der Waals surface area (Å²) in [6.07, 6.45) is 0. The molecule has 3 rings (SSSR count). The molecular weight excluding hydrogens is 269 g/mol. The van der Waals surface area contributed by atoms with E-state index in [1.165, 1.54) is 6.07 Å². The van der Waals surface area contributed by atoms with Gasteiger partial charge in [0, 0.05) is 16.6 Å². The molecule has 4 nitrogen and oxygen atoms in total. The Balaban J connectivity index is 1.89. The van der Waals surface area contributed by atoms with Crippen molar-refractivity contribution in [3.05, 3.63) is 59.5 Å². The number of halogens is 1. The van der Waals surface area contributed by atoms with Crippen LogP contribution in [0.3, 0.4) is 0 Å². The van der Waals surface area contributed by atoms with E-state index in [9.17, 15) is 9.18 Å². The summed E-state index contributed by atoms with van der Waals surface area (Å²) in [6, 6.07) is 11.7. The number of carbonyl (C=O) groups is 1. The molecule has 2 aromatic carbocycles. The zero-order valence-electron chi connectivity index (χ0n) is 11.4.